The van der Waals surface area contributed by atoms with Crippen molar-refractivity contribution in [2.45, 2.75) is 47.1 Å². The molecule has 0 spiro atoms. The number of methoxy groups -OCH3 is 1. The Bertz CT molecular complexity index is 393. The number of rotatable bonds is 4. The SMILES string of the molecule is COc1ccc(C)cc1C(N)CC(C)C(C)(C)C. The minimum Gasteiger partial charge on any atom is -0.496 e. The molecular weight excluding hydrogens is 222 g/mol. The van der Waals surface area contributed by atoms with Crippen LogP contribution < -0.4 is 10.5 Å². The highest BCUT2D eigenvalue weighted by Gasteiger charge is 2.24. The second kappa shape index (κ2) is 5.75. The Labute approximate surface area is 112 Å². The monoisotopic (exact) mass is 249 g/mol. The fourth-order valence-corrected chi connectivity index (χ4v) is 2.00. The van der Waals surface area contributed by atoms with E-state index in [2.05, 4.69) is 46.8 Å². The predicted molar refractivity (Wildman–Crippen MR) is 77.9 cm³/mol. The first-order valence-corrected chi connectivity index (χ1v) is 6.65. The lowest BCUT2D eigenvalue weighted by Crippen LogP contribution is -2.23. The number of aryl methyl sites for hydroxylation is 1. The fourth-order valence-electron chi connectivity index (χ4n) is 2.00. The summed E-state index contributed by atoms with van der Waals surface area (Å²) in [6, 6.07) is 6.24. The Morgan fingerprint density at radius 1 is 1.28 bits per heavy atom. The van der Waals surface area contributed by atoms with Crippen LogP contribution >= 0.6 is 0 Å². The first-order valence-electron chi connectivity index (χ1n) is 6.65. The maximum Gasteiger partial charge on any atom is 0.123 e. The summed E-state index contributed by atoms with van der Waals surface area (Å²) in [4.78, 5) is 0. The summed E-state index contributed by atoms with van der Waals surface area (Å²) in [5.74, 6) is 1.46. The number of ether oxygens (including phenoxy) is 1. The highest BCUT2D eigenvalue weighted by molar-refractivity contribution is 5.39. The minimum atomic E-state index is 0.0362. The summed E-state index contributed by atoms with van der Waals surface area (Å²) in [5, 5.41) is 0. The molecule has 0 saturated carbocycles. The van der Waals surface area contributed by atoms with E-state index >= 15 is 0 Å². The molecule has 0 aliphatic carbocycles. The van der Waals surface area contributed by atoms with Crippen molar-refractivity contribution in [3.63, 3.8) is 0 Å². The molecule has 0 radical (unpaired) electrons. The van der Waals surface area contributed by atoms with Crippen molar-refractivity contribution >= 4 is 0 Å². The van der Waals surface area contributed by atoms with Gasteiger partial charge in [-0.3, -0.25) is 0 Å². The van der Waals surface area contributed by atoms with Gasteiger partial charge < -0.3 is 10.5 Å². The molecule has 0 amide bonds. The molecule has 102 valence electrons. The van der Waals surface area contributed by atoms with E-state index in [0.29, 0.717) is 5.92 Å². The molecule has 2 nitrogen and oxygen atoms in total. The Morgan fingerprint density at radius 3 is 2.39 bits per heavy atom. The largest absolute Gasteiger partial charge is 0.496 e. The smallest absolute Gasteiger partial charge is 0.123 e. The molecular formula is C16H27NO. The molecule has 0 aromatic heterocycles. The van der Waals surface area contributed by atoms with E-state index in [4.69, 9.17) is 10.5 Å². The van der Waals surface area contributed by atoms with Crippen molar-refractivity contribution in [1.29, 1.82) is 0 Å². The van der Waals surface area contributed by atoms with E-state index in [0.717, 1.165) is 17.7 Å². The van der Waals surface area contributed by atoms with E-state index in [-0.39, 0.29) is 11.5 Å². The van der Waals surface area contributed by atoms with Gasteiger partial charge in [0.15, 0.2) is 0 Å². The molecule has 0 bridgehead atoms. The summed E-state index contributed by atoms with van der Waals surface area (Å²) in [5.41, 5.74) is 8.99. The minimum absolute atomic E-state index is 0.0362. The molecule has 1 rings (SSSR count). The summed E-state index contributed by atoms with van der Waals surface area (Å²) < 4.78 is 5.41. The highest BCUT2D eigenvalue weighted by atomic mass is 16.5. The zero-order valence-electron chi connectivity index (χ0n) is 12.6. The molecule has 1 aromatic rings. The summed E-state index contributed by atoms with van der Waals surface area (Å²) >= 11 is 0. The van der Waals surface area contributed by atoms with Gasteiger partial charge in [0, 0.05) is 11.6 Å². The standard InChI is InChI=1S/C16H27NO/c1-11-7-8-15(18-6)13(9-11)14(17)10-12(2)16(3,4)5/h7-9,12,14H,10,17H2,1-6H3. The number of hydrogen-bond donors (Lipinski definition) is 1. The normalized spacial score (nSPS) is 15.3. The van der Waals surface area contributed by atoms with E-state index in [1.54, 1.807) is 7.11 Å². The lowest BCUT2D eigenvalue weighted by Gasteiger charge is -2.30. The molecule has 2 atom stereocenters. The van der Waals surface area contributed by atoms with Gasteiger partial charge in [-0.15, -0.1) is 0 Å². The average Bonchev–Trinajstić information content (AvgIpc) is 2.27. The highest BCUT2D eigenvalue weighted by Crippen LogP contribution is 2.35. The van der Waals surface area contributed by atoms with Crippen LogP contribution in [0.3, 0.4) is 0 Å². The van der Waals surface area contributed by atoms with Crippen LogP contribution in [0.2, 0.25) is 0 Å². The fraction of sp³-hybridized carbons (Fsp3) is 0.625. The van der Waals surface area contributed by atoms with Crippen molar-refractivity contribution in [3.05, 3.63) is 29.3 Å². The molecule has 2 unspecified atom stereocenters. The number of nitrogens with two attached hydrogens (primary N) is 1. The van der Waals surface area contributed by atoms with E-state index in [1.165, 1.54) is 5.56 Å². The predicted octanol–water partition coefficient (Wildman–Crippen LogP) is 4.08. The molecule has 0 aliphatic rings. The first kappa shape index (κ1) is 15.0. The average molecular weight is 249 g/mol. The molecule has 0 aliphatic heterocycles. The maximum absolute atomic E-state index is 6.36. The molecule has 18 heavy (non-hydrogen) atoms. The summed E-state index contributed by atoms with van der Waals surface area (Å²) in [6.07, 6.45) is 0.976. The third kappa shape index (κ3) is 3.74. The first-order chi connectivity index (χ1) is 8.25. The quantitative estimate of drug-likeness (QED) is 0.872. The molecule has 1 aromatic carbocycles. The topological polar surface area (TPSA) is 35.2 Å². The van der Waals surface area contributed by atoms with Gasteiger partial charge in [-0.25, -0.2) is 0 Å². The van der Waals surface area contributed by atoms with Crippen LogP contribution in [-0.4, -0.2) is 7.11 Å². The number of benzene rings is 1. The number of hydrogen-bond acceptors (Lipinski definition) is 2. The van der Waals surface area contributed by atoms with Gasteiger partial charge in [-0.2, -0.15) is 0 Å². The van der Waals surface area contributed by atoms with Gasteiger partial charge in [0.05, 0.1) is 7.11 Å². The Hall–Kier alpha value is -1.02. The van der Waals surface area contributed by atoms with Crippen LogP contribution in [0.1, 0.15) is 51.3 Å². The molecule has 2 heteroatoms. The van der Waals surface area contributed by atoms with E-state index in [9.17, 15) is 0 Å². The Morgan fingerprint density at radius 2 is 1.89 bits per heavy atom. The Balaban J connectivity index is 2.90. The second-order valence-corrected chi connectivity index (χ2v) is 6.35. The lowest BCUT2D eigenvalue weighted by molar-refractivity contribution is 0.232. The maximum atomic E-state index is 6.36. The van der Waals surface area contributed by atoms with Gasteiger partial charge >= 0.3 is 0 Å². The van der Waals surface area contributed by atoms with Crippen LogP contribution in [0.25, 0.3) is 0 Å². The van der Waals surface area contributed by atoms with E-state index < -0.39 is 0 Å². The zero-order valence-corrected chi connectivity index (χ0v) is 12.6. The van der Waals surface area contributed by atoms with Crippen molar-refractivity contribution in [2.75, 3.05) is 7.11 Å². The van der Waals surface area contributed by atoms with Crippen molar-refractivity contribution in [1.82, 2.24) is 0 Å². The third-order valence-corrected chi connectivity index (χ3v) is 3.87. The van der Waals surface area contributed by atoms with Crippen LogP contribution in [-0.2, 0) is 0 Å². The van der Waals surface area contributed by atoms with Crippen molar-refractivity contribution in [3.8, 4) is 5.75 Å². The lowest BCUT2D eigenvalue weighted by atomic mass is 9.77. The molecule has 0 saturated heterocycles. The second-order valence-electron chi connectivity index (χ2n) is 6.35. The van der Waals surface area contributed by atoms with Crippen LogP contribution in [0.4, 0.5) is 0 Å². The molecule has 2 N–H and O–H groups in total. The third-order valence-electron chi connectivity index (χ3n) is 3.87. The van der Waals surface area contributed by atoms with Crippen LogP contribution in [0, 0.1) is 18.3 Å². The van der Waals surface area contributed by atoms with Gasteiger partial charge in [0.2, 0.25) is 0 Å². The van der Waals surface area contributed by atoms with Gasteiger partial charge in [0.25, 0.3) is 0 Å². The zero-order chi connectivity index (χ0) is 13.9. The van der Waals surface area contributed by atoms with Gasteiger partial charge in [-0.05, 0) is 30.7 Å². The Kier molecular flexibility index (Phi) is 4.80. The molecule has 0 fully saturated rings. The summed E-state index contributed by atoms with van der Waals surface area (Å²) in [7, 11) is 1.70. The van der Waals surface area contributed by atoms with Crippen LogP contribution in [0.5, 0.6) is 5.75 Å². The summed E-state index contributed by atoms with van der Waals surface area (Å²) in [6.45, 7) is 11.1. The van der Waals surface area contributed by atoms with Gasteiger partial charge in [-0.1, -0.05) is 45.4 Å². The molecule has 0 heterocycles. The van der Waals surface area contributed by atoms with Crippen molar-refractivity contribution < 1.29 is 4.74 Å². The van der Waals surface area contributed by atoms with Crippen LogP contribution in [0.15, 0.2) is 18.2 Å². The van der Waals surface area contributed by atoms with Gasteiger partial charge in [0.1, 0.15) is 5.75 Å². The van der Waals surface area contributed by atoms with E-state index in [1.807, 2.05) is 6.07 Å². The van der Waals surface area contributed by atoms with Crippen molar-refractivity contribution in [2.24, 2.45) is 17.1 Å².